The third-order valence-corrected chi connectivity index (χ3v) is 8.04. The molecule has 2 aromatic rings. The van der Waals surface area contributed by atoms with Crippen molar-refractivity contribution in [3.63, 3.8) is 0 Å². The van der Waals surface area contributed by atoms with Gasteiger partial charge in [-0.2, -0.15) is 0 Å². The van der Waals surface area contributed by atoms with Crippen molar-refractivity contribution in [2.75, 3.05) is 18.9 Å². The fourth-order valence-corrected chi connectivity index (χ4v) is 5.85. The first-order chi connectivity index (χ1) is 18.8. The minimum absolute atomic E-state index is 0.202. The largest absolute Gasteiger partial charge is 0.427 e. The average Bonchev–Trinajstić information content (AvgIpc) is 3.66. The second kappa shape index (κ2) is 9.52. The summed E-state index contributed by atoms with van der Waals surface area (Å²) >= 11 is 0. The number of imide groups is 1. The highest BCUT2D eigenvalue weighted by atomic mass is 19.1. The third kappa shape index (κ3) is 4.53. The van der Waals surface area contributed by atoms with Crippen LogP contribution in [0.25, 0.3) is 0 Å². The van der Waals surface area contributed by atoms with Crippen molar-refractivity contribution < 1.29 is 28.3 Å². The molecule has 9 nitrogen and oxygen atoms in total. The number of hydrogen-bond donors (Lipinski definition) is 2. The molecular formula is C29H29FN4O5. The van der Waals surface area contributed by atoms with Crippen LogP contribution in [0, 0.1) is 5.82 Å². The van der Waals surface area contributed by atoms with E-state index in [-0.39, 0.29) is 36.8 Å². The molecule has 1 unspecified atom stereocenters. The van der Waals surface area contributed by atoms with E-state index in [2.05, 4.69) is 16.7 Å². The van der Waals surface area contributed by atoms with Crippen molar-refractivity contribution in [3.8, 4) is 0 Å². The number of aryl methyl sites for hydroxylation is 2. The lowest BCUT2D eigenvalue weighted by atomic mass is 9.94. The number of nitrogens with one attached hydrogen (secondary N) is 2. The van der Waals surface area contributed by atoms with Crippen LogP contribution in [0.2, 0.25) is 0 Å². The van der Waals surface area contributed by atoms with Crippen LogP contribution in [0.1, 0.15) is 47.9 Å². The van der Waals surface area contributed by atoms with Gasteiger partial charge in [0.25, 0.3) is 5.91 Å². The molecule has 2 aliphatic carbocycles. The lowest BCUT2D eigenvalue weighted by Gasteiger charge is -2.29. The van der Waals surface area contributed by atoms with E-state index in [4.69, 9.17) is 4.74 Å². The molecule has 0 radical (unpaired) electrons. The zero-order chi connectivity index (χ0) is 27.3. The molecule has 2 heterocycles. The van der Waals surface area contributed by atoms with Crippen LogP contribution >= 0.6 is 0 Å². The summed E-state index contributed by atoms with van der Waals surface area (Å²) in [5.41, 5.74) is 3.46. The molecular weight excluding hydrogens is 503 g/mol. The number of benzene rings is 2. The van der Waals surface area contributed by atoms with Crippen LogP contribution in [-0.2, 0) is 39.3 Å². The molecule has 39 heavy (non-hydrogen) atoms. The number of hydrogen-bond acceptors (Lipinski definition) is 5. The monoisotopic (exact) mass is 532 g/mol. The molecule has 2 fully saturated rings. The van der Waals surface area contributed by atoms with Gasteiger partial charge in [0.2, 0.25) is 11.5 Å². The van der Waals surface area contributed by atoms with Gasteiger partial charge in [0.1, 0.15) is 12.4 Å². The van der Waals surface area contributed by atoms with Gasteiger partial charge in [0.15, 0.2) is 0 Å². The van der Waals surface area contributed by atoms with Gasteiger partial charge in [-0.25, -0.2) is 18.9 Å². The maximum Gasteiger partial charge on any atom is 0.418 e. The van der Waals surface area contributed by atoms with E-state index in [0.717, 1.165) is 34.4 Å². The Morgan fingerprint density at radius 1 is 1.08 bits per heavy atom. The van der Waals surface area contributed by atoms with Gasteiger partial charge in [0.05, 0.1) is 6.04 Å². The van der Waals surface area contributed by atoms with Crippen LogP contribution in [0.4, 0.5) is 19.7 Å². The average molecular weight is 533 g/mol. The lowest BCUT2D eigenvalue weighted by Crippen LogP contribution is -2.47. The first-order valence-corrected chi connectivity index (χ1v) is 13.2. The standard InChI is InChI=1S/C29H29FN4O5/c1-31-27(37)32-22-7-9-24-19(14-22)10-11-29(24)26(36)34(28(38)39-29)16-25(35)33-15-20-4-6-21(30)13-18(20)5-8-23(33)12-17-2-3-17/h4,6-7,9,12-14,23H,2-3,5,8,10-11,15-16H2,1H3,(H2,31,32,37)/t23?,29-/m1/s1. The zero-order valence-electron chi connectivity index (χ0n) is 21.6. The summed E-state index contributed by atoms with van der Waals surface area (Å²) in [5, 5.41) is 5.19. The van der Waals surface area contributed by atoms with Gasteiger partial charge < -0.3 is 20.3 Å². The lowest BCUT2D eigenvalue weighted by molar-refractivity contribution is -0.142. The van der Waals surface area contributed by atoms with Crippen molar-refractivity contribution >= 4 is 29.6 Å². The SMILES string of the molecule is CNC(=O)Nc1ccc2c(c1)CC[C@@]21OC(=O)N(CC(=O)N2Cc3ccc(F)cc3CCC2C=C2CC2)C1=O. The van der Waals surface area contributed by atoms with Gasteiger partial charge in [-0.05, 0) is 73.1 Å². The second-order valence-corrected chi connectivity index (χ2v) is 10.5. The molecule has 4 aliphatic rings. The number of urea groups is 1. The highest BCUT2D eigenvalue weighted by molar-refractivity contribution is 6.06. The van der Waals surface area contributed by atoms with E-state index in [0.29, 0.717) is 30.5 Å². The summed E-state index contributed by atoms with van der Waals surface area (Å²) in [7, 11) is 1.51. The van der Waals surface area contributed by atoms with Crippen LogP contribution in [0.3, 0.4) is 0 Å². The summed E-state index contributed by atoms with van der Waals surface area (Å²) in [5.74, 6) is -1.23. The van der Waals surface area contributed by atoms with E-state index < -0.39 is 24.1 Å². The molecule has 0 aromatic heterocycles. The molecule has 2 aliphatic heterocycles. The number of ether oxygens (including phenoxy) is 1. The van der Waals surface area contributed by atoms with E-state index in [1.807, 2.05) is 0 Å². The van der Waals surface area contributed by atoms with Crippen molar-refractivity contribution in [2.45, 2.75) is 56.7 Å². The third-order valence-electron chi connectivity index (χ3n) is 8.04. The number of carbonyl (C=O) groups excluding carboxylic acids is 4. The van der Waals surface area contributed by atoms with Gasteiger partial charge in [-0.1, -0.05) is 23.8 Å². The number of anilines is 1. The molecule has 5 amide bonds. The summed E-state index contributed by atoms with van der Waals surface area (Å²) in [4.78, 5) is 54.6. The highest BCUT2D eigenvalue weighted by Gasteiger charge is 2.58. The molecule has 6 rings (SSSR count). The van der Waals surface area contributed by atoms with Crippen LogP contribution in [0.5, 0.6) is 0 Å². The molecule has 0 bridgehead atoms. The molecule has 10 heteroatoms. The second-order valence-electron chi connectivity index (χ2n) is 10.5. The Morgan fingerprint density at radius 3 is 2.67 bits per heavy atom. The van der Waals surface area contributed by atoms with Gasteiger partial charge in [0, 0.05) is 31.3 Å². The molecule has 1 spiro atoms. The molecule has 2 N–H and O–H groups in total. The normalized spacial score (nSPS) is 23.2. The summed E-state index contributed by atoms with van der Waals surface area (Å²) in [6.07, 6.45) is 5.26. The van der Waals surface area contributed by atoms with Crippen LogP contribution in [0.15, 0.2) is 48.0 Å². The number of amides is 5. The number of halogens is 1. The van der Waals surface area contributed by atoms with Crippen LogP contribution < -0.4 is 10.6 Å². The Bertz CT molecular complexity index is 1430. The van der Waals surface area contributed by atoms with Crippen molar-refractivity contribution in [1.82, 2.24) is 15.1 Å². The van der Waals surface area contributed by atoms with Gasteiger partial charge >= 0.3 is 12.1 Å². The summed E-state index contributed by atoms with van der Waals surface area (Å²) in [6.45, 7) is -0.156. The Kier molecular flexibility index (Phi) is 6.12. The zero-order valence-corrected chi connectivity index (χ0v) is 21.6. The molecule has 2 atom stereocenters. The summed E-state index contributed by atoms with van der Waals surface area (Å²) in [6, 6.07) is 9.14. The first-order valence-electron chi connectivity index (χ1n) is 13.2. The molecule has 202 valence electrons. The van der Waals surface area contributed by atoms with Crippen molar-refractivity contribution in [2.24, 2.45) is 0 Å². The first kappa shape index (κ1) is 25.1. The van der Waals surface area contributed by atoms with Gasteiger partial charge in [-0.15, -0.1) is 0 Å². The Morgan fingerprint density at radius 2 is 1.90 bits per heavy atom. The fourth-order valence-electron chi connectivity index (χ4n) is 5.85. The van der Waals surface area contributed by atoms with E-state index >= 15 is 0 Å². The van der Waals surface area contributed by atoms with Crippen LogP contribution in [-0.4, -0.2) is 53.4 Å². The fraction of sp³-hybridized carbons (Fsp3) is 0.379. The van der Waals surface area contributed by atoms with E-state index in [1.54, 1.807) is 29.2 Å². The maximum absolute atomic E-state index is 13.9. The maximum atomic E-state index is 13.9. The quantitative estimate of drug-likeness (QED) is 0.583. The minimum Gasteiger partial charge on any atom is -0.427 e. The molecule has 1 saturated carbocycles. The Hall–Kier alpha value is -4.21. The molecule has 1 saturated heterocycles. The van der Waals surface area contributed by atoms with Crippen molar-refractivity contribution in [3.05, 3.63) is 76.1 Å². The number of nitrogens with zero attached hydrogens (tertiary/aromatic N) is 2. The van der Waals surface area contributed by atoms with E-state index in [1.165, 1.54) is 24.8 Å². The summed E-state index contributed by atoms with van der Waals surface area (Å²) < 4.78 is 19.6. The smallest absolute Gasteiger partial charge is 0.418 e. The number of fused-ring (bicyclic) bond motifs is 3. The topological polar surface area (TPSA) is 108 Å². The predicted molar refractivity (Wildman–Crippen MR) is 139 cm³/mol. The number of rotatable bonds is 4. The number of allylic oxidation sites excluding steroid dienone is 1. The minimum atomic E-state index is -1.48. The van der Waals surface area contributed by atoms with Gasteiger partial charge in [-0.3, -0.25) is 9.59 Å². The molecule has 2 aromatic carbocycles. The van der Waals surface area contributed by atoms with Crippen molar-refractivity contribution in [1.29, 1.82) is 0 Å². The Labute approximate surface area is 225 Å². The number of carbonyl (C=O) groups is 4. The Balaban J connectivity index is 1.24. The van der Waals surface area contributed by atoms with E-state index in [9.17, 15) is 23.6 Å². The predicted octanol–water partition coefficient (Wildman–Crippen LogP) is 3.76. The highest BCUT2D eigenvalue weighted by Crippen LogP contribution is 2.46.